The Bertz CT molecular complexity index is 567. The zero-order chi connectivity index (χ0) is 15.1. The molecule has 20 heavy (non-hydrogen) atoms. The Hall–Kier alpha value is -1.57. The van der Waals surface area contributed by atoms with Gasteiger partial charge in [-0.15, -0.1) is 0 Å². The van der Waals surface area contributed by atoms with E-state index in [9.17, 15) is 4.79 Å². The lowest BCUT2D eigenvalue weighted by molar-refractivity contribution is -0.153. The van der Waals surface area contributed by atoms with Gasteiger partial charge in [0.1, 0.15) is 5.60 Å². The Kier molecular flexibility index (Phi) is 3.77. The van der Waals surface area contributed by atoms with Gasteiger partial charge in [0.2, 0.25) is 0 Å². The standard InChI is InChI=1S/C18H24O2/c1-11(2)17(19)20-18(5,6)15-10-9-14-12(3)7-8-13(4)16(14)15/h7-8,15H,1,9-10H2,2-6H3. The fraction of sp³-hybridized carbons (Fsp3) is 0.500. The summed E-state index contributed by atoms with van der Waals surface area (Å²) >= 11 is 0. The minimum Gasteiger partial charge on any atom is -0.456 e. The van der Waals surface area contributed by atoms with Crippen molar-refractivity contribution in [1.29, 1.82) is 0 Å². The van der Waals surface area contributed by atoms with Gasteiger partial charge in [-0.05, 0) is 69.7 Å². The Morgan fingerprint density at radius 3 is 2.50 bits per heavy atom. The third kappa shape index (κ3) is 2.52. The zero-order valence-corrected chi connectivity index (χ0v) is 13.2. The molecule has 0 saturated carbocycles. The number of hydrogen-bond acceptors (Lipinski definition) is 2. The average molecular weight is 272 g/mol. The summed E-state index contributed by atoms with van der Waals surface area (Å²) in [5.41, 5.74) is 5.42. The molecule has 0 amide bonds. The van der Waals surface area contributed by atoms with Gasteiger partial charge in [-0.2, -0.15) is 0 Å². The third-order valence-corrected chi connectivity index (χ3v) is 4.38. The highest BCUT2D eigenvalue weighted by Crippen LogP contribution is 2.44. The second kappa shape index (κ2) is 5.08. The van der Waals surface area contributed by atoms with E-state index < -0.39 is 5.60 Å². The van der Waals surface area contributed by atoms with Crippen molar-refractivity contribution >= 4 is 5.97 Å². The molecule has 0 bridgehead atoms. The normalized spacial score (nSPS) is 17.8. The summed E-state index contributed by atoms with van der Waals surface area (Å²) < 4.78 is 5.70. The molecule has 0 saturated heterocycles. The highest BCUT2D eigenvalue weighted by Gasteiger charge is 2.39. The molecule has 1 aromatic carbocycles. The zero-order valence-electron chi connectivity index (χ0n) is 13.2. The molecule has 0 aliphatic heterocycles. The molecule has 1 aliphatic carbocycles. The SMILES string of the molecule is C=C(C)C(=O)OC(C)(C)C1CCc2c(C)ccc(C)c21. The fourth-order valence-electron chi connectivity index (χ4n) is 3.23. The number of fused-ring (bicyclic) bond motifs is 1. The molecule has 0 aromatic heterocycles. The van der Waals surface area contributed by atoms with Crippen LogP contribution in [0.3, 0.4) is 0 Å². The number of hydrogen-bond donors (Lipinski definition) is 0. The van der Waals surface area contributed by atoms with Crippen molar-refractivity contribution in [1.82, 2.24) is 0 Å². The van der Waals surface area contributed by atoms with Crippen LogP contribution in [-0.2, 0) is 16.0 Å². The van der Waals surface area contributed by atoms with Crippen LogP contribution >= 0.6 is 0 Å². The van der Waals surface area contributed by atoms with Crippen LogP contribution in [0.5, 0.6) is 0 Å². The van der Waals surface area contributed by atoms with Gasteiger partial charge in [0, 0.05) is 11.5 Å². The summed E-state index contributed by atoms with van der Waals surface area (Å²) in [6.45, 7) is 13.7. The van der Waals surface area contributed by atoms with Gasteiger partial charge in [-0.25, -0.2) is 4.79 Å². The highest BCUT2D eigenvalue weighted by atomic mass is 16.6. The monoisotopic (exact) mass is 272 g/mol. The van der Waals surface area contributed by atoms with E-state index in [1.165, 1.54) is 22.3 Å². The van der Waals surface area contributed by atoms with Crippen molar-refractivity contribution < 1.29 is 9.53 Å². The molecule has 1 atom stereocenters. The number of aryl methyl sites for hydroxylation is 2. The van der Waals surface area contributed by atoms with E-state index in [4.69, 9.17) is 4.74 Å². The van der Waals surface area contributed by atoms with Gasteiger partial charge in [-0.1, -0.05) is 18.7 Å². The fourth-order valence-corrected chi connectivity index (χ4v) is 3.23. The van der Waals surface area contributed by atoms with Crippen molar-refractivity contribution in [3.63, 3.8) is 0 Å². The van der Waals surface area contributed by atoms with Crippen molar-refractivity contribution in [2.45, 2.75) is 59.0 Å². The van der Waals surface area contributed by atoms with E-state index in [2.05, 4.69) is 32.6 Å². The van der Waals surface area contributed by atoms with E-state index >= 15 is 0 Å². The van der Waals surface area contributed by atoms with Crippen molar-refractivity contribution in [2.24, 2.45) is 0 Å². The van der Waals surface area contributed by atoms with Crippen LogP contribution in [0.25, 0.3) is 0 Å². The maximum atomic E-state index is 11.9. The Morgan fingerprint density at radius 2 is 1.90 bits per heavy atom. The molecule has 2 heteroatoms. The predicted octanol–water partition coefficient (Wildman–Crippen LogP) is 4.23. The van der Waals surface area contributed by atoms with Gasteiger partial charge in [0.05, 0.1) is 0 Å². The first-order valence-electron chi connectivity index (χ1n) is 7.22. The summed E-state index contributed by atoms with van der Waals surface area (Å²) in [6, 6.07) is 4.35. The Balaban J connectivity index is 2.36. The maximum Gasteiger partial charge on any atom is 0.333 e. The van der Waals surface area contributed by atoms with Crippen LogP contribution < -0.4 is 0 Å². The largest absolute Gasteiger partial charge is 0.456 e. The number of esters is 1. The topological polar surface area (TPSA) is 26.3 Å². The van der Waals surface area contributed by atoms with Gasteiger partial charge < -0.3 is 4.74 Å². The number of benzene rings is 1. The van der Waals surface area contributed by atoms with Crippen molar-refractivity contribution in [2.75, 3.05) is 0 Å². The van der Waals surface area contributed by atoms with Crippen LogP contribution in [0.15, 0.2) is 24.3 Å². The smallest absolute Gasteiger partial charge is 0.333 e. The molecule has 0 fully saturated rings. The van der Waals surface area contributed by atoms with Gasteiger partial charge in [0.25, 0.3) is 0 Å². The average Bonchev–Trinajstić information content (AvgIpc) is 2.80. The molecular weight excluding hydrogens is 248 g/mol. The summed E-state index contributed by atoms with van der Waals surface area (Å²) in [5.74, 6) is -0.0329. The number of ether oxygens (including phenoxy) is 1. The Morgan fingerprint density at radius 1 is 1.30 bits per heavy atom. The van der Waals surface area contributed by atoms with Crippen LogP contribution in [-0.4, -0.2) is 11.6 Å². The second-order valence-electron chi connectivity index (χ2n) is 6.46. The summed E-state index contributed by atoms with van der Waals surface area (Å²) in [7, 11) is 0. The van der Waals surface area contributed by atoms with Crippen LogP contribution in [0, 0.1) is 13.8 Å². The quantitative estimate of drug-likeness (QED) is 0.608. The lowest BCUT2D eigenvalue weighted by Crippen LogP contribution is -2.34. The van der Waals surface area contributed by atoms with E-state index in [1.807, 2.05) is 13.8 Å². The van der Waals surface area contributed by atoms with Gasteiger partial charge >= 0.3 is 5.97 Å². The van der Waals surface area contributed by atoms with E-state index in [1.54, 1.807) is 6.92 Å². The number of carbonyl (C=O) groups excluding carboxylic acids is 1. The lowest BCUT2D eigenvalue weighted by Gasteiger charge is -2.33. The number of carbonyl (C=O) groups is 1. The van der Waals surface area contributed by atoms with Gasteiger partial charge in [-0.3, -0.25) is 0 Å². The van der Waals surface area contributed by atoms with Gasteiger partial charge in [0.15, 0.2) is 0 Å². The molecule has 0 radical (unpaired) electrons. The van der Waals surface area contributed by atoms with Crippen LogP contribution in [0.2, 0.25) is 0 Å². The van der Waals surface area contributed by atoms with E-state index in [0.717, 1.165) is 12.8 Å². The predicted molar refractivity (Wildman–Crippen MR) is 82.0 cm³/mol. The Labute approximate surface area is 121 Å². The minimum absolute atomic E-state index is 0.265. The molecule has 2 rings (SSSR count). The van der Waals surface area contributed by atoms with Crippen LogP contribution in [0.4, 0.5) is 0 Å². The summed E-state index contributed by atoms with van der Waals surface area (Å²) in [5, 5.41) is 0. The molecule has 0 spiro atoms. The molecule has 2 nitrogen and oxygen atoms in total. The molecule has 1 aromatic rings. The molecule has 108 valence electrons. The summed E-state index contributed by atoms with van der Waals surface area (Å²) in [6.07, 6.45) is 2.11. The van der Waals surface area contributed by atoms with Crippen molar-refractivity contribution in [3.05, 3.63) is 46.5 Å². The first-order valence-corrected chi connectivity index (χ1v) is 7.22. The maximum absolute atomic E-state index is 11.9. The first-order chi connectivity index (χ1) is 9.24. The molecule has 1 unspecified atom stereocenters. The highest BCUT2D eigenvalue weighted by molar-refractivity contribution is 5.87. The van der Waals surface area contributed by atoms with E-state index in [0.29, 0.717) is 5.57 Å². The molecule has 0 N–H and O–H groups in total. The molecule has 1 aliphatic rings. The molecule has 0 heterocycles. The van der Waals surface area contributed by atoms with Crippen molar-refractivity contribution in [3.8, 4) is 0 Å². The lowest BCUT2D eigenvalue weighted by atomic mass is 9.83. The van der Waals surface area contributed by atoms with Crippen LogP contribution in [0.1, 0.15) is 55.4 Å². The first kappa shape index (κ1) is 14.8. The molecular formula is C18H24O2. The van der Waals surface area contributed by atoms with E-state index in [-0.39, 0.29) is 11.9 Å². The minimum atomic E-state index is -0.500. The second-order valence-corrected chi connectivity index (χ2v) is 6.46. The summed E-state index contributed by atoms with van der Waals surface area (Å²) in [4.78, 5) is 11.9. The third-order valence-electron chi connectivity index (χ3n) is 4.38. The number of rotatable bonds is 3.